The van der Waals surface area contributed by atoms with Crippen LogP contribution in [0.15, 0.2) is 30.3 Å². The molecule has 0 fully saturated rings. The van der Waals surface area contributed by atoms with Crippen molar-refractivity contribution in [3.05, 3.63) is 35.9 Å². The Labute approximate surface area is 118 Å². The van der Waals surface area contributed by atoms with Gasteiger partial charge in [0.15, 0.2) is 0 Å². The van der Waals surface area contributed by atoms with Crippen molar-refractivity contribution < 1.29 is 14.6 Å². The Morgan fingerprint density at radius 1 is 1.40 bits per heavy atom. The number of carbonyl (C=O) groups is 1. The lowest BCUT2D eigenvalue weighted by molar-refractivity contribution is -0.131. The topological polar surface area (TPSA) is 73.6 Å². The molecule has 0 saturated heterocycles. The van der Waals surface area contributed by atoms with Gasteiger partial charge in [-0.05, 0) is 30.8 Å². The molecule has 0 heterocycles. The lowest BCUT2D eigenvalue weighted by atomic mass is 10.2. The average molecular weight is 274 g/mol. The molecule has 0 saturated carbocycles. The summed E-state index contributed by atoms with van der Waals surface area (Å²) < 4.78 is 5.57. The van der Waals surface area contributed by atoms with Crippen LogP contribution in [0.1, 0.15) is 12.0 Å². The number of nitriles is 1. The monoisotopic (exact) mass is 274 g/mol. The van der Waals surface area contributed by atoms with E-state index >= 15 is 0 Å². The van der Waals surface area contributed by atoms with Gasteiger partial charge in [-0.25, -0.2) is 4.79 Å². The molecule has 1 N–H and O–H groups in total. The van der Waals surface area contributed by atoms with E-state index < -0.39 is 5.97 Å². The molecule has 5 nitrogen and oxygen atoms in total. The molecule has 0 atom stereocenters. The Morgan fingerprint density at radius 3 is 2.70 bits per heavy atom. The SMILES string of the molecule is CN(CCC#N)CCOc1ccc(C=CC(=O)O)cc1. The molecule has 0 unspecified atom stereocenters. The quantitative estimate of drug-likeness (QED) is 0.734. The average Bonchev–Trinajstić information content (AvgIpc) is 2.44. The zero-order valence-electron chi connectivity index (χ0n) is 11.5. The molecule has 0 spiro atoms. The second kappa shape index (κ2) is 8.73. The fourth-order valence-electron chi connectivity index (χ4n) is 1.51. The summed E-state index contributed by atoms with van der Waals surface area (Å²) in [6, 6.07) is 9.31. The fraction of sp³-hybridized carbons (Fsp3) is 0.333. The van der Waals surface area contributed by atoms with Crippen LogP contribution < -0.4 is 4.74 Å². The minimum atomic E-state index is -0.967. The molecular weight excluding hydrogens is 256 g/mol. The highest BCUT2D eigenvalue weighted by molar-refractivity contribution is 5.85. The Bertz CT molecular complexity index is 489. The van der Waals surface area contributed by atoms with Crippen molar-refractivity contribution in [1.29, 1.82) is 5.26 Å². The maximum atomic E-state index is 10.4. The van der Waals surface area contributed by atoms with Gasteiger partial charge in [-0.1, -0.05) is 12.1 Å². The third kappa shape index (κ3) is 6.57. The van der Waals surface area contributed by atoms with Gasteiger partial charge in [-0.3, -0.25) is 0 Å². The van der Waals surface area contributed by atoms with Gasteiger partial charge in [-0.15, -0.1) is 0 Å². The number of ether oxygens (including phenoxy) is 1. The van der Waals surface area contributed by atoms with Crippen LogP contribution in [0.2, 0.25) is 0 Å². The van der Waals surface area contributed by atoms with Gasteiger partial charge in [0.05, 0.1) is 6.07 Å². The van der Waals surface area contributed by atoms with Crippen molar-refractivity contribution in [3.63, 3.8) is 0 Å². The summed E-state index contributed by atoms with van der Waals surface area (Å²) in [7, 11) is 1.94. The number of nitrogens with zero attached hydrogens (tertiary/aromatic N) is 2. The number of carboxylic acids is 1. The third-order valence-electron chi connectivity index (χ3n) is 2.65. The molecule has 0 aliphatic carbocycles. The standard InChI is InChI=1S/C15H18N2O3/c1-17(10-2-9-16)11-12-20-14-6-3-13(4-7-14)5-8-15(18)19/h3-8H,2,10-12H2,1H3,(H,18,19). The first-order valence-electron chi connectivity index (χ1n) is 6.31. The van der Waals surface area contributed by atoms with E-state index in [0.29, 0.717) is 13.0 Å². The van der Waals surface area contributed by atoms with Gasteiger partial charge < -0.3 is 14.7 Å². The van der Waals surface area contributed by atoms with Crippen molar-refractivity contribution in [2.75, 3.05) is 26.7 Å². The first kappa shape index (κ1) is 15.7. The number of hydrogen-bond donors (Lipinski definition) is 1. The maximum absolute atomic E-state index is 10.4. The van der Waals surface area contributed by atoms with E-state index in [1.807, 2.05) is 11.9 Å². The van der Waals surface area contributed by atoms with Crippen LogP contribution in [0.5, 0.6) is 5.75 Å². The van der Waals surface area contributed by atoms with Crippen LogP contribution in [0.25, 0.3) is 6.08 Å². The highest BCUT2D eigenvalue weighted by atomic mass is 16.5. The molecule has 0 radical (unpaired) electrons. The van der Waals surface area contributed by atoms with Crippen molar-refractivity contribution in [2.24, 2.45) is 0 Å². The number of hydrogen-bond acceptors (Lipinski definition) is 4. The molecule has 1 aromatic carbocycles. The highest BCUT2D eigenvalue weighted by Crippen LogP contribution is 2.13. The van der Waals surface area contributed by atoms with Crippen molar-refractivity contribution in [2.45, 2.75) is 6.42 Å². The molecule has 0 amide bonds. The summed E-state index contributed by atoms with van der Waals surface area (Å²) in [5.74, 6) is -0.225. The van der Waals surface area contributed by atoms with Gasteiger partial charge in [-0.2, -0.15) is 5.26 Å². The molecule has 0 aromatic heterocycles. The van der Waals surface area contributed by atoms with E-state index in [-0.39, 0.29) is 0 Å². The summed E-state index contributed by atoms with van der Waals surface area (Å²) in [5.41, 5.74) is 0.811. The Balaban J connectivity index is 2.35. The minimum absolute atomic E-state index is 0.515. The third-order valence-corrected chi connectivity index (χ3v) is 2.65. The lowest BCUT2D eigenvalue weighted by Crippen LogP contribution is -2.25. The molecule has 0 aliphatic heterocycles. The van der Waals surface area contributed by atoms with Gasteiger partial charge in [0.25, 0.3) is 0 Å². The molecule has 0 bridgehead atoms. The first-order chi connectivity index (χ1) is 9.61. The minimum Gasteiger partial charge on any atom is -0.492 e. The second-order valence-electron chi connectivity index (χ2n) is 4.30. The molecule has 0 aliphatic rings. The second-order valence-corrected chi connectivity index (χ2v) is 4.30. The predicted molar refractivity (Wildman–Crippen MR) is 76.3 cm³/mol. The zero-order valence-corrected chi connectivity index (χ0v) is 11.5. The van der Waals surface area contributed by atoms with Crippen LogP contribution >= 0.6 is 0 Å². The van der Waals surface area contributed by atoms with Gasteiger partial charge >= 0.3 is 5.97 Å². The summed E-state index contributed by atoms with van der Waals surface area (Å²) >= 11 is 0. The van der Waals surface area contributed by atoms with Gasteiger partial charge in [0, 0.05) is 25.6 Å². The van der Waals surface area contributed by atoms with E-state index in [1.54, 1.807) is 24.3 Å². The summed E-state index contributed by atoms with van der Waals surface area (Å²) in [6.45, 7) is 2.04. The molecular formula is C15H18N2O3. The number of carboxylic acid groups (broad SMARTS) is 1. The number of likely N-dealkylation sites (N-methyl/N-ethyl adjacent to an activating group) is 1. The van der Waals surface area contributed by atoms with E-state index in [2.05, 4.69) is 6.07 Å². The van der Waals surface area contributed by atoms with E-state index in [1.165, 1.54) is 6.08 Å². The van der Waals surface area contributed by atoms with E-state index in [9.17, 15) is 4.79 Å². The highest BCUT2D eigenvalue weighted by Gasteiger charge is 1.99. The lowest BCUT2D eigenvalue weighted by Gasteiger charge is -2.15. The van der Waals surface area contributed by atoms with Gasteiger partial charge in [0.2, 0.25) is 0 Å². The molecule has 20 heavy (non-hydrogen) atoms. The van der Waals surface area contributed by atoms with E-state index in [4.69, 9.17) is 15.1 Å². The van der Waals surface area contributed by atoms with Crippen LogP contribution in [0, 0.1) is 11.3 Å². The van der Waals surface area contributed by atoms with Crippen LogP contribution in [0.4, 0.5) is 0 Å². The maximum Gasteiger partial charge on any atom is 0.328 e. The largest absolute Gasteiger partial charge is 0.492 e. The summed E-state index contributed by atoms with van der Waals surface area (Å²) in [5, 5.41) is 17.0. The molecule has 1 rings (SSSR count). The Kier molecular flexibility index (Phi) is 6.87. The molecule has 1 aromatic rings. The van der Waals surface area contributed by atoms with Crippen LogP contribution in [-0.4, -0.2) is 42.7 Å². The normalized spacial score (nSPS) is 10.7. The summed E-state index contributed by atoms with van der Waals surface area (Å²) in [6.07, 6.45) is 3.14. The Hall–Kier alpha value is -2.32. The van der Waals surface area contributed by atoms with Crippen molar-refractivity contribution >= 4 is 12.0 Å². The number of benzene rings is 1. The number of rotatable bonds is 8. The van der Waals surface area contributed by atoms with Gasteiger partial charge in [0.1, 0.15) is 12.4 Å². The Morgan fingerprint density at radius 2 is 2.10 bits per heavy atom. The van der Waals surface area contributed by atoms with Crippen LogP contribution in [-0.2, 0) is 4.79 Å². The summed E-state index contributed by atoms with van der Waals surface area (Å²) in [4.78, 5) is 12.4. The van der Waals surface area contributed by atoms with Crippen LogP contribution in [0.3, 0.4) is 0 Å². The van der Waals surface area contributed by atoms with Crippen molar-refractivity contribution in [3.8, 4) is 11.8 Å². The molecule has 106 valence electrons. The molecule has 5 heteroatoms. The zero-order chi connectivity index (χ0) is 14.8. The fourth-order valence-corrected chi connectivity index (χ4v) is 1.51. The first-order valence-corrected chi connectivity index (χ1v) is 6.31. The number of aliphatic carboxylic acids is 1. The predicted octanol–water partition coefficient (Wildman–Crippen LogP) is 2.01. The van der Waals surface area contributed by atoms with Crippen molar-refractivity contribution in [1.82, 2.24) is 4.90 Å². The smallest absolute Gasteiger partial charge is 0.328 e. The van der Waals surface area contributed by atoms with E-state index in [0.717, 1.165) is 30.5 Å².